The predicted molar refractivity (Wildman–Crippen MR) is 95.3 cm³/mol. The van der Waals surface area contributed by atoms with E-state index in [0.29, 0.717) is 31.9 Å². The molecule has 7 heteroatoms. The van der Waals surface area contributed by atoms with Crippen LogP contribution in [0, 0.1) is 0 Å². The fraction of sp³-hybridized carbons (Fsp3) is 0.450. The standard InChI is InChI=1S/C20H23F3N2O2/c1-2-17-8-9-18(27-17)19(26)25-11-3-10-24(12-13-25)14-15-4-6-16(7-5-15)20(21,22)23/h4-9H,2-3,10-14H2,1H3. The number of aryl methyl sites for hydroxylation is 1. The molecule has 0 N–H and O–H groups in total. The zero-order chi connectivity index (χ0) is 19.4. The molecule has 1 amide bonds. The molecule has 4 nitrogen and oxygen atoms in total. The Bertz CT molecular complexity index is 768. The molecule has 27 heavy (non-hydrogen) atoms. The number of halogens is 3. The van der Waals surface area contributed by atoms with E-state index in [1.807, 2.05) is 13.0 Å². The van der Waals surface area contributed by atoms with Gasteiger partial charge in [-0.3, -0.25) is 9.69 Å². The van der Waals surface area contributed by atoms with Gasteiger partial charge in [-0.1, -0.05) is 19.1 Å². The zero-order valence-electron chi connectivity index (χ0n) is 15.3. The molecule has 0 saturated carbocycles. The fourth-order valence-electron chi connectivity index (χ4n) is 3.23. The minimum absolute atomic E-state index is 0.105. The first-order valence-corrected chi connectivity index (χ1v) is 9.13. The third kappa shape index (κ3) is 4.91. The van der Waals surface area contributed by atoms with Crippen molar-refractivity contribution in [1.82, 2.24) is 9.80 Å². The van der Waals surface area contributed by atoms with Gasteiger partial charge in [0.25, 0.3) is 5.91 Å². The molecule has 0 bridgehead atoms. The largest absolute Gasteiger partial charge is 0.456 e. The first-order valence-electron chi connectivity index (χ1n) is 9.13. The fourth-order valence-corrected chi connectivity index (χ4v) is 3.23. The third-order valence-corrected chi connectivity index (χ3v) is 4.78. The molecule has 2 aromatic rings. The number of hydrogen-bond acceptors (Lipinski definition) is 3. The number of amides is 1. The minimum atomic E-state index is -4.31. The van der Waals surface area contributed by atoms with Crippen molar-refractivity contribution >= 4 is 5.91 Å². The summed E-state index contributed by atoms with van der Waals surface area (Å²) in [6, 6.07) is 8.81. The van der Waals surface area contributed by atoms with E-state index in [4.69, 9.17) is 4.42 Å². The van der Waals surface area contributed by atoms with Crippen LogP contribution in [0.3, 0.4) is 0 Å². The lowest BCUT2D eigenvalue weighted by molar-refractivity contribution is -0.137. The first kappa shape index (κ1) is 19.5. The predicted octanol–water partition coefficient (Wildman–Crippen LogP) is 4.21. The van der Waals surface area contributed by atoms with Crippen LogP contribution in [0.5, 0.6) is 0 Å². The number of carbonyl (C=O) groups excluding carboxylic acids is 1. The highest BCUT2D eigenvalue weighted by Crippen LogP contribution is 2.29. The second kappa shape index (κ2) is 8.17. The Labute approximate surface area is 156 Å². The highest BCUT2D eigenvalue weighted by molar-refractivity contribution is 5.91. The maximum Gasteiger partial charge on any atom is 0.416 e. The first-order chi connectivity index (χ1) is 12.9. The summed E-state index contributed by atoms with van der Waals surface area (Å²) in [5.41, 5.74) is 0.199. The average molecular weight is 380 g/mol. The summed E-state index contributed by atoms with van der Waals surface area (Å²) in [5, 5.41) is 0. The lowest BCUT2D eigenvalue weighted by atomic mass is 10.1. The van der Waals surface area contributed by atoms with Gasteiger partial charge in [-0.05, 0) is 36.2 Å². The van der Waals surface area contributed by atoms with Gasteiger partial charge in [0, 0.05) is 39.1 Å². The van der Waals surface area contributed by atoms with Gasteiger partial charge in [-0.2, -0.15) is 13.2 Å². The van der Waals surface area contributed by atoms with E-state index >= 15 is 0 Å². The van der Waals surface area contributed by atoms with Gasteiger partial charge in [-0.15, -0.1) is 0 Å². The van der Waals surface area contributed by atoms with Crippen molar-refractivity contribution in [3.63, 3.8) is 0 Å². The molecular formula is C20H23F3N2O2. The molecule has 1 fully saturated rings. The lowest BCUT2D eigenvalue weighted by Crippen LogP contribution is -2.34. The molecule has 0 spiro atoms. The summed E-state index contributed by atoms with van der Waals surface area (Å²) < 4.78 is 43.5. The van der Waals surface area contributed by atoms with E-state index in [1.165, 1.54) is 12.1 Å². The normalized spacial score (nSPS) is 16.4. The minimum Gasteiger partial charge on any atom is -0.456 e. The third-order valence-electron chi connectivity index (χ3n) is 4.78. The zero-order valence-corrected chi connectivity index (χ0v) is 15.3. The van der Waals surface area contributed by atoms with Crippen LogP contribution in [-0.4, -0.2) is 41.9 Å². The molecule has 1 aliphatic heterocycles. The van der Waals surface area contributed by atoms with E-state index in [9.17, 15) is 18.0 Å². The molecule has 1 aliphatic rings. The van der Waals surface area contributed by atoms with Gasteiger partial charge in [-0.25, -0.2) is 0 Å². The molecule has 1 saturated heterocycles. The van der Waals surface area contributed by atoms with Gasteiger partial charge in [0.15, 0.2) is 5.76 Å². The van der Waals surface area contributed by atoms with Crippen molar-refractivity contribution in [2.75, 3.05) is 26.2 Å². The monoisotopic (exact) mass is 380 g/mol. The van der Waals surface area contributed by atoms with E-state index in [-0.39, 0.29) is 5.91 Å². The molecule has 3 rings (SSSR count). The van der Waals surface area contributed by atoms with Crippen molar-refractivity contribution in [3.05, 3.63) is 59.0 Å². The molecular weight excluding hydrogens is 357 g/mol. The Morgan fingerprint density at radius 3 is 2.41 bits per heavy atom. The summed E-state index contributed by atoms with van der Waals surface area (Å²) in [5.74, 6) is 1.05. The SMILES string of the molecule is CCc1ccc(C(=O)N2CCCN(Cc3ccc(C(F)(F)F)cc3)CC2)o1. The van der Waals surface area contributed by atoms with Crippen molar-refractivity contribution in [2.45, 2.75) is 32.5 Å². The van der Waals surface area contributed by atoms with Gasteiger partial charge in [0.1, 0.15) is 5.76 Å². The van der Waals surface area contributed by atoms with Crippen LogP contribution in [0.25, 0.3) is 0 Å². The van der Waals surface area contributed by atoms with E-state index in [0.717, 1.165) is 42.8 Å². The second-order valence-electron chi connectivity index (χ2n) is 6.74. The van der Waals surface area contributed by atoms with Crippen molar-refractivity contribution in [1.29, 1.82) is 0 Å². The van der Waals surface area contributed by atoms with Crippen LogP contribution in [0.2, 0.25) is 0 Å². The highest BCUT2D eigenvalue weighted by atomic mass is 19.4. The van der Waals surface area contributed by atoms with E-state index < -0.39 is 11.7 Å². The molecule has 0 radical (unpaired) electrons. The number of alkyl halides is 3. The van der Waals surface area contributed by atoms with Crippen LogP contribution < -0.4 is 0 Å². The quantitative estimate of drug-likeness (QED) is 0.797. The molecule has 0 unspecified atom stereocenters. The molecule has 1 aromatic heterocycles. The maximum atomic E-state index is 12.7. The number of nitrogens with zero attached hydrogens (tertiary/aromatic N) is 2. The van der Waals surface area contributed by atoms with E-state index in [2.05, 4.69) is 4.90 Å². The summed E-state index contributed by atoms with van der Waals surface area (Å²) >= 11 is 0. The Morgan fingerprint density at radius 2 is 1.78 bits per heavy atom. The summed E-state index contributed by atoms with van der Waals surface area (Å²) in [4.78, 5) is 16.5. The van der Waals surface area contributed by atoms with Gasteiger partial charge in [0.2, 0.25) is 0 Å². The van der Waals surface area contributed by atoms with Crippen LogP contribution in [-0.2, 0) is 19.1 Å². The number of furan rings is 1. The van der Waals surface area contributed by atoms with Crippen LogP contribution in [0.1, 0.15) is 40.8 Å². The van der Waals surface area contributed by atoms with Gasteiger partial charge < -0.3 is 9.32 Å². The Balaban J connectivity index is 1.57. The average Bonchev–Trinajstić information content (AvgIpc) is 3.01. The summed E-state index contributed by atoms with van der Waals surface area (Å²) in [6.45, 7) is 5.22. The number of carbonyl (C=O) groups is 1. The summed E-state index contributed by atoms with van der Waals surface area (Å²) in [7, 11) is 0. The molecule has 2 heterocycles. The Hall–Kier alpha value is -2.28. The molecule has 0 aliphatic carbocycles. The smallest absolute Gasteiger partial charge is 0.416 e. The number of benzene rings is 1. The Morgan fingerprint density at radius 1 is 1.04 bits per heavy atom. The van der Waals surface area contributed by atoms with Crippen molar-refractivity contribution < 1.29 is 22.4 Å². The Kier molecular flexibility index (Phi) is 5.89. The molecule has 1 aromatic carbocycles. The number of hydrogen-bond donors (Lipinski definition) is 0. The van der Waals surface area contributed by atoms with Crippen LogP contribution in [0.15, 0.2) is 40.8 Å². The topological polar surface area (TPSA) is 36.7 Å². The maximum absolute atomic E-state index is 12.7. The van der Waals surface area contributed by atoms with E-state index in [1.54, 1.807) is 11.0 Å². The van der Waals surface area contributed by atoms with Gasteiger partial charge >= 0.3 is 6.18 Å². The van der Waals surface area contributed by atoms with Crippen LogP contribution >= 0.6 is 0 Å². The summed E-state index contributed by atoms with van der Waals surface area (Å²) in [6.07, 6.45) is -2.76. The lowest BCUT2D eigenvalue weighted by Gasteiger charge is -2.21. The molecule has 0 atom stereocenters. The van der Waals surface area contributed by atoms with Crippen LogP contribution in [0.4, 0.5) is 13.2 Å². The second-order valence-corrected chi connectivity index (χ2v) is 6.74. The van der Waals surface area contributed by atoms with Crippen molar-refractivity contribution in [2.24, 2.45) is 0 Å². The van der Waals surface area contributed by atoms with Crippen molar-refractivity contribution in [3.8, 4) is 0 Å². The molecule has 146 valence electrons. The highest BCUT2D eigenvalue weighted by Gasteiger charge is 2.30. The number of rotatable bonds is 4. The van der Waals surface area contributed by atoms with Gasteiger partial charge in [0.05, 0.1) is 5.56 Å².